The van der Waals surface area contributed by atoms with Gasteiger partial charge < -0.3 is 4.98 Å². The molecule has 3 aromatic rings. The van der Waals surface area contributed by atoms with Crippen LogP contribution in [0.1, 0.15) is 11.3 Å². The van der Waals surface area contributed by atoms with Crippen LogP contribution in [0.3, 0.4) is 0 Å². The number of aromatic nitrogens is 4. The Labute approximate surface area is 108 Å². The monoisotopic (exact) mass is 258 g/mol. The first-order valence-electron chi connectivity index (χ1n) is 5.97. The lowest BCUT2D eigenvalue weighted by Crippen LogP contribution is -2.36. The molecule has 98 valence electrons. The first kappa shape index (κ1) is 11.7. The van der Waals surface area contributed by atoms with Crippen LogP contribution in [0.5, 0.6) is 0 Å². The van der Waals surface area contributed by atoms with Crippen LogP contribution in [0.15, 0.2) is 15.7 Å². The van der Waals surface area contributed by atoms with Gasteiger partial charge in [-0.15, -0.1) is 0 Å². The standard InChI is InChI=1S/C13H14N4O2/c1-6-5-7(2)14-9-8(6)15-10-11(9)16(3)13(19)17(4)12(10)18/h5,15H,1-4H3. The van der Waals surface area contributed by atoms with Crippen LogP contribution < -0.4 is 11.2 Å². The maximum absolute atomic E-state index is 12.2. The van der Waals surface area contributed by atoms with E-state index in [1.54, 1.807) is 7.05 Å². The Morgan fingerprint density at radius 3 is 2.47 bits per heavy atom. The predicted octanol–water partition coefficient (Wildman–Crippen LogP) is 0.730. The summed E-state index contributed by atoms with van der Waals surface area (Å²) < 4.78 is 2.56. The lowest BCUT2D eigenvalue weighted by molar-refractivity contribution is 0.713. The molecule has 0 spiro atoms. The van der Waals surface area contributed by atoms with Gasteiger partial charge >= 0.3 is 5.69 Å². The number of hydrogen-bond donors (Lipinski definition) is 1. The summed E-state index contributed by atoms with van der Waals surface area (Å²) in [6.07, 6.45) is 0. The minimum Gasteiger partial charge on any atom is -0.347 e. The normalized spacial score (nSPS) is 11.6. The van der Waals surface area contributed by atoms with Crippen molar-refractivity contribution in [2.24, 2.45) is 14.1 Å². The molecule has 0 aliphatic carbocycles. The number of nitrogens with one attached hydrogen (secondary N) is 1. The average molecular weight is 258 g/mol. The number of fused-ring (bicyclic) bond motifs is 3. The lowest BCUT2D eigenvalue weighted by atomic mass is 10.2. The molecule has 0 aromatic carbocycles. The van der Waals surface area contributed by atoms with E-state index in [4.69, 9.17) is 0 Å². The minimum absolute atomic E-state index is 0.326. The third-order valence-electron chi connectivity index (χ3n) is 3.48. The Morgan fingerprint density at radius 1 is 1.11 bits per heavy atom. The molecule has 3 aromatic heterocycles. The molecule has 0 radical (unpaired) electrons. The van der Waals surface area contributed by atoms with Crippen molar-refractivity contribution in [3.05, 3.63) is 38.2 Å². The van der Waals surface area contributed by atoms with Gasteiger partial charge in [0.2, 0.25) is 0 Å². The second-order valence-electron chi connectivity index (χ2n) is 4.86. The molecule has 0 atom stereocenters. The highest BCUT2D eigenvalue weighted by Gasteiger charge is 2.16. The van der Waals surface area contributed by atoms with Crippen LogP contribution in [-0.2, 0) is 14.1 Å². The maximum atomic E-state index is 12.2. The summed E-state index contributed by atoms with van der Waals surface area (Å²) in [7, 11) is 3.12. The van der Waals surface area contributed by atoms with Gasteiger partial charge in [0, 0.05) is 19.8 Å². The minimum atomic E-state index is -0.348. The first-order valence-corrected chi connectivity index (χ1v) is 5.97. The largest absolute Gasteiger partial charge is 0.347 e. The Hall–Kier alpha value is -2.37. The molecule has 6 heteroatoms. The van der Waals surface area contributed by atoms with Gasteiger partial charge in [0.15, 0.2) is 0 Å². The van der Waals surface area contributed by atoms with Gasteiger partial charge in [-0.2, -0.15) is 0 Å². The second-order valence-corrected chi connectivity index (χ2v) is 4.86. The molecule has 0 unspecified atom stereocenters. The summed E-state index contributed by atoms with van der Waals surface area (Å²) in [6, 6.07) is 1.94. The van der Waals surface area contributed by atoms with Crippen LogP contribution >= 0.6 is 0 Å². The zero-order valence-electron chi connectivity index (χ0n) is 11.2. The number of hydrogen-bond acceptors (Lipinski definition) is 3. The van der Waals surface area contributed by atoms with Crippen molar-refractivity contribution in [3.8, 4) is 0 Å². The number of H-pyrrole nitrogens is 1. The van der Waals surface area contributed by atoms with E-state index in [0.29, 0.717) is 16.6 Å². The van der Waals surface area contributed by atoms with Crippen molar-refractivity contribution in [2.45, 2.75) is 13.8 Å². The number of aromatic amines is 1. The van der Waals surface area contributed by atoms with Crippen molar-refractivity contribution in [2.75, 3.05) is 0 Å². The first-order chi connectivity index (χ1) is 8.91. The molecule has 0 bridgehead atoms. The van der Waals surface area contributed by atoms with Crippen molar-refractivity contribution in [1.82, 2.24) is 19.1 Å². The molecule has 0 aliphatic heterocycles. The smallest absolute Gasteiger partial charge is 0.331 e. The van der Waals surface area contributed by atoms with E-state index in [0.717, 1.165) is 21.3 Å². The predicted molar refractivity (Wildman–Crippen MR) is 73.6 cm³/mol. The van der Waals surface area contributed by atoms with Gasteiger partial charge in [-0.25, -0.2) is 9.78 Å². The van der Waals surface area contributed by atoms with E-state index in [2.05, 4.69) is 9.97 Å². The highest BCUT2D eigenvalue weighted by Crippen LogP contribution is 2.23. The van der Waals surface area contributed by atoms with Crippen LogP contribution in [0.2, 0.25) is 0 Å². The number of pyridine rings is 1. The summed E-state index contributed by atoms with van der Waals surface area (Å²) in [6.45, 7) is 3.85. The van der Waals surface area contributed by atoms with Gasteiger partial charge in [0.1, 0.15) is 16.6 Å². The van der Waals surface area contributed by atoms with Crippen molar-refractivity contribution >= 4 is 22.1 Å². The topological polar surface area (TPSA) is 72.7 Å². The Kier molecular flexibility index (Phi) is 2.20. The van der Waals surface area contributed by atoms with E-state index in [9.17, 15) is 9.59 Å². The summed E-state index contributed by atoms with van der Waals surface area (Å²) in [4.78, 5) is 31.7. The summed E-state index contributed by atoms with van der Waals surface area (Å²) in [5.74, 6) is 0. The molecule has 0 amide bonds. The van der Waals surface area contributed by atoms with E-state index in [-0.39, 0.29) is 11.2 Å². The highest BCUT2D eigenvalue weighted by molar-refractivity contribution is 6.03. The van der Waals surface area contributed by atoms with Gasteiger partial charge in [-0.3, -0.25) is 13.9 Å². The molecule has 6 nitrogen and oxygen atoms in total. The van der Waals surface area contributed by atoms with E-state index >= 15 is 0 Å². The SMILES string of the molecule is Cc1cc(C)c2[nH]c3c(=O)n(C)c(=O)n(C)c3c2n1. The van der Waals surface area contributed by atoms with E-state index < -0.39 is 0 Å². The quantitative estimate of drug-likeness (QED) is 0.646. The molecule has 1 N–H and O–H groups in total. The maximum Gasteiger partial charge on any atom is 0.331 e. The third kappa shape index (κ3) is 1.39. The Morgan fingerprint density at radius 2 is 1.79 bits per heavy atom. The highest BCUT2D eigenvalue weighted by atomic mass is 16.2. The van der Waals surface area contributed by atoms with Crippen LogP contribution in [0, 0.1) is 13.8 Å². The molecule has 0 saturated carbocycles. The fraction of sp³-hybridized carbons (Fsp3) is 0.308. The van der Waals surface area contributed by atoms with Crippen molar-refractivity contribution < 1.29 is 0 Å². The number of aryl methyl sites for hydroxylation is 3. The van der Waals surface area contributed by atoms with Crippen LogP contribution in [0.4, 0.5) is 0 Å². The van der Waals surface area contributed by atoms with Crippen LogP contribution in [0.25, 0.3) is 22.1 Å². The summed E-state index contributed by atoms with van der Waals surface area (Å²) in [5.41, 5.74) is 3.65. The average Bonchev–Trinajstić information content (AvgIpc) is 2.73. The molecule has 3 rings (SSSR count). The molecule has 3 heterocycles. The number of nitrogens with zero attached hydrogens (tertiary/aromatic N) is 3. The van der Waals surface area contributed by atoms with Gasteiger partial charge in [0.05, 0.1) is 5.52 Å². The van der Waals surface area contributed by atoms with Gasteiger partial charge in [-0.05, 0) is 25.5 Å². The molecule has 0 aliphatic rings. The fourth-order valence-corrected chi connectivity index (χ4v) is 2.53. The summed E-state index contributed by atoms with van der Waals surface area (Å²) >= 11 is 0. The van der Waals surface area contributed by atoms with E-state index in [1.807, 2.05) is 19.9 Å². The zero-order valence-corrected chi connectivity index (χ0v) is 11.2. The zero-order chi connectivity index (χ0) is 13.9. The van der Waals surface area contributed by atoms with Gasteiger partial charge in [0.25, 0.3) is 5.56 Å². The summed E-state index contributed by atoms with van der Waals surface area (Å²) in [5, 5.41) is 0. The van der Waals surface area contributed by atoms with Crippen molar-refractivity contribution in [1.29, 1.82) is 0 Å². The Bertz CT molecular complexity index is 943. The third-order valence-corrected chi connectivity index (χ3v) is 3.48. The molecule has 0 saturated heterocycles. The molecule has 19 heavy (non-hydrogen) atoms. The second kappa shape index (κ2) is 3.57. The van der Waals surface area contributed by atoms with Crippen LogP contribution in [-0.4, -0.2) is 19.1 Å². The molecular weight excluding hydrogens is 244 g/mol. The lowest BCUT2D eigenvalue weighted by Gasteiger charge is -2.03. The molecular formula is C13H14N4O2. The molecule has 0 fully saturated rings. The Balaban J connectivity index is 2.75. The van der Waals surface area contributed by atoms with Gasteiger partial charge in [-0.1, -0.05) is 0 Å². The van der Waals surface area contributed by atoms with E-state index in [1.165, 1.54) is 11.6 Å². The number of rotatable bonds is 0. The fourth-order valence-electron chi connectivity index (χ4n) is 2.53. The van der Waals surface area contributed by atoms with Crippen molar-refractivity contribution in [3.63, 3.8) is 0 Å².